The van der Waals surface area contributed by atoms with Crippen molar-refractivity contribution in [2.24, 2.45) is 0 Å². The van der Waals surface area contributed by atoms with E-state index in [0.29, 0.717) is 5.78 Å². The number of carbonyl (C=O) groups is 1. The second kappa shape index (κ2) is 5.46. The number of likely N-dealkylation sites (tertiary alicyclic amines) is 1. The minimum Gasteiger partial charge on any atom is -0.293 e. The van der Waals surface area contributed by atoms with Crippen LogP contribution in [0.4, 0.5) is 0 Å². The third-order valence-electron chi connectivity index (χ3n) is 4.65. The molecule has 2 heteroatoms. The highest BCUT2D eigenvalue weighted by atomic mass is 16.1. The first-order valence-electron chi connectivity index (χ1n) is 7.69. The molecular weight excluding hydrogens is 234 g/mol. The van der Waals surface area contributed by atoms with Crippen molar-refractivity contribution in [2.45, 2.75) is 51.5 Å². The first-order chi connectivity index (χ1) is 9.29. The van der Waals surface area contributed by atoms with Crippen LogP contribution >= 0.6 is 0 Å². The quantitative estimate of drug-likeness (QED) is 0.772. The molecule has 1 aliphatic heterocycles. The first-order valence-corrected chi connectivity index (χ1v) is 7.69. The molecule has 1 heterocycles. The lowest BCUT2D eigenvalue weighted by molar-refractivity contribution is 0.0844. The summed E-state index contributed by atoms with van der Waals surface area (Å²) in [5.74, 6) is 0.333. The van der Waals surface area contributed by atoms with Crippen LogP contribution in [0.1, 0.15) is 54.1 Å². The number of fused-ring (bicyclic) bond motifs is 1. The Hall–Kier alpha value is -1.15. The van der Waals surface area contributed by atoms with Gasteiger partial charge in [0.2, 0.25) is 0 Å². The van der Waals surface area contributed by atoms with Crippen molar-refractivity contribution in [3.8, 4) is 0 Å². The number of rotatable bonds is 4. The fourth-order valence-electron chi connectivity index (χ4n) is 3.58. The third-order valence-corrected chi connectivity index (χ3v) is 4.65. The molecule has 0 saturated carbocycles. The zero-order valence-electron chi connectivity index (χ0n) is 11.8. The number of hydrogen-bond acceptors (Lipinski definition) is 2. The van der Waals surface area contributed by atoms with Crippen molar-refractivity contribution >= 4 is 5.78 Å². The second-order valence-electron chi connectivity index (χ2n) is 5.87. The number of hydrogen-bond donors (Lipinski definition) is 0. The van der Waals surface area contributed by atoms with Gasteiger partial charge >= 0.3 is 0 Å². The molecule has 1 aromatic carbocycles. The summed E-state index contributed by atoms with van der Waals surface area (Å²) in [6.07, 6.45) is 7.00. The molecule has 102 valence electrons. The summed E-state index contributed by atoms with van der Waals surface area (Å²) in [5.41, 5.74) is 3.78. The molecule has 0 aromatic heterocycles. The van der Waals surface area contributed by atoms with Gasteiger partial charge < -0.3 is 0 Å². The SMILES string of the molecule is CC[C@H](C(=O)c1ccc2c(c1)CCC2)N1CCCC1. The molecule has 2 aliphatic rings. The zero-order valence-corrected chi connectivity index (χ0v) is 11.8. The van der Waals surface area contributed by atoms with Crippen LogP contribution in [-0.2, 0) is 12.8 Å². The number of ketones is 1. The number of nitrogens with zero attached hydrogens (tertiary/aromatic N) is 1. The number of carbonyl (C=O) groups excluding carboxylic acids is 1. The van der Waals surface area contributed by atoms with Gasteiger partial charge in [0.25, 0.3) is 0 Å². The highest BCUT2D eigenvalue weighted by Crippen LogP contribution is 2.25. The Morgan fingerprint density at radius 1 is 1.16 bits per heavy atom. The van der Waals surface area contributed by atoms with E-state index in [2.05, 4.69) is 24.0 Å². The molecule has 0 amide bonds. The smallest absolute Gasteiger partial charge is 0.179 e. The molecule has 1 aliphatic carbocycles. The van der Waals surface area contributed by atoms with E-state index in [1.54, 1.807) is 0 Å². The van der Waals surface area contributed by atoms with E-state index in [1.807, 2.05) is 6.07 Å². The molecule has 3 rings (SSSR count). The normalized spacial score (nSPS) is 20.5. The van der Waals surface area contributed by atoms with Crippen LogP contribution in [0.15, 0.2) is 18.2 Å². The summed E-state index contributed by atoms with van der Waals surface area (Å²) >= 11 is 0. The summed E-state index contributed by atoms with van der Waals surface area (Å²) < 4.78 is 0. The maximum absolute atomic E-state index is 12.7. The molecule has 0 radical (unpaired) electrons. The van der Waals surface area contributed by atoms with Crippen molar-refractivity contribution in [2.75, 3.05) is 13.1 Å². The molecule has 1 fully saturated rings. The van der Waals surface area contributed by atoms with Crippen molar-refractivity contribution in [1.82, 2.24) is 4.90 Å². The minimum atomic E-state index is 0.0990. The largest absolute Gasteiger partial charge is 0.293 e. The summed E-state index contributed by atoms with van der Waals surface area (Å²) in [6.45, 7) is 4.32. The molecule has 19 heavy (non-hydrogen) atoms. The van der Waals surface area contributed by atoms with Gasteiger partial charge in [-0.05, 0) is 68.8 Å². The van der Waals surface area contributed by atoms with Gasteiger partial charge in [-0.15, -0.1) is 0 Å². The molecule has 0 N–H and O–H groups in total. The summed E-state index contributed by atoms with van der Waals surface area (Å²) in [4.78, 5) is 15.1. The third kappa shape index (κ3) is 2.46. The zero-order chi connectivity index (χ0) is 13.2. The van der Waals surface area contributed by atoms with Crippen molar-refractivity contribution in [3.05, 3.63) is 34.9 Å². The average Bonchev–Trinajstić information content (AvgIpc) is 3.09. The number of aryl methyl sites for hydroxylation is 2. The Bertz CT molecular complexity index is 474. The lowest BCUT2D eigenvalue weighted by Gasteiger charge is -2.25. The highest BCUT2D eigenvalue weighted by molar-refractivity contribution is 6.00. The molecular formula is C17H23NO. The van der Waals surface area contributed by atoms with Gasteiger partial charge in [-0.1, -0.05) is 19.1 Å². The molecule has 1 aromatic rings. The maximum Gasteiger partial charge on any atom is 0.179 e. The Morgan fingerprint density at radius 2 is 1.89 bits per heavy atom. The highest BCUT2D eigenvalue weighted by Gasteiger charge is 2.27. The van der Waals surface area contributed by atoms with E-state index in [9.17, 15) is 4.79 Å². The van der Waals surface area contributed by atoms with Crippen LogP contribution in [0, 0.1) is 0 Å². The van der Waals surface area contributed by atoms with E-state index in [0.717, 1.165) is 31.5 Å². The van der Waals surface area contributed by atoms with E-state index < -0.39 is 0 Å². The van der Waals surface area contributed by atoms with Crippen LogP contribution in [-0.4, -0.2) is 29.8 Å². The van der Waals surface area contributed by atoms with Gasteiger partial charge in [0.05, 0.1) is 6.04 Å². The average molecular weight is 257 g/mol. The fourth-order valence-corrected chi connectivity index (χ4v) is 3.58. The summed E-state index contributed by atoms with van der Waals surface area (Å²) in [6, 6.07) is 6.47. The van der Waals surface area contributed by atoms with Gasteiger partial charge in [-0.2, -0.15) is 0 Å². The van der Waals surface area contributed by atoms with Gasteiger partial charge in [-0.25, -0.2) is 0 Å². The molecule has 1 atom stereocenters. The van der Waals surface area contributed by atoms with Crippen LogP contribution < -0.4 is 0 Å². The maximum atomic E-state index is 12.7. The van der Waals surface area contributed by atoms with Gasteiger partial charge in [0.15, 0.2) is 5.78 Å². The van der Waals surface area contributed by atoms with Crippen molar-refractivity contribution in [1.29, 1.82) is 0 Å². The van der Waals surface area contributed by atoms with Crippen LogP contribution in [0.2, 0.25) is 0 Å². The second-order valence-corrected chi connectivity index (χ2v) is 5.87. The topological polar surface area (TPSA) is 20.3 Å². The first kappa shape index (κ1) is 12.9. The van der Waals surface area contributed by atoms with Crippen molar-refractivity contribution < 1.29 is 4.79 Å². The van der Waals surface area contributed by atoms with Gasteiger partial charge in [-0.3, -0.25) is 9.69 Å². The lowest BCUT2D eigenvalue weighted by atomic mass is 9.97. The van der Waals surface area contributed by atoms with E-state index >= 15 is 0 Å². The Labute approximate surface area is 115 Å². The lowest BCUT2D eigenvalue weighted by Crippen LogP contribution is -2.38. The van der Waals surface area contributed by atoms with E-state index in [1.165, 1.54) is 36.8 Å². The summed E-state index contributed by atoms with van der Waals surface area (Å²) in [7, 11) is 0. The standard InChI is InChI=1S/C17H23NO/c1-2-16(18-10-3-4-11-18)17(19)15-9-8-13-6-5-7-14(13)12-15/h8-9,12,16H,2-7,10-11H2,1H3/t16-/m1/s1. The molecule has 0 bridgehead atoms. The Kier molecular flexibility index (Phi) is 3.69. The summed E-state index contributed by atoms with van der Waals surface area (Å²) in [5, 5.41) is 0. The molecule has 2 nitrogen and oxygen atoms in total. The van der Waals surface area contributed by atoms with Crippen LogP contribution in [0.25, 0.3) is 0 Å². The van der Waals surface area contributed by atoms with Gasteiger partial charge in [0.1, 0.15) is 0 Å². The Morgan fingerprint density at radius 3 is 2.63 bits per heavy atom. The number of Topliss-reactive ketones (excluding diaryl/α,β-unsaturated/α-hetero) is 1. The fraction of sp³-hybridized carbons (Fsp3) is 0.588. The van der Waals surface area contributed by atoms with Crippen LogP contribution in [0.3, 0.4) is 0 Å². The monoisotopic (exact) mass is 257 g/mol. The number of benzene rings is 1. The van der Waals surface area contributed by atoms with E-state index in [-0.39, 0.29) is 6.04 Å². The predicted molar refractivity (Wildman–Crippen MR) is 77.7 cm³/mol. The van der Waals surface area contributed by atoms with Crippen LogP contribution in [0.5, 0.6) is 0 Å². The minimum absolute atomic E-state index is 0.0990. The predicted octanol–water partition coefficient (Wildman–Crippen LogP) is 3.23. The van der Waals surface area contributed by atoms with Crippen molar-refractivity contribution in [3.63, 3.8) is 0 Å². The molecule has 1 saturated heterocycles. The molecule has 0 unspecified atom stereocenters. The van der Waals surface area contributed by atoms with Gasteiger partial charge in [0, 0.05) is 5.56 Å². The van der Waals surface area contributed by atoms with E-state index in [4.69, 9.17) is 0 Å². The Balaban J connectivity index is 1.81. The molecule has 0 spiro atoms.